The molecule has 0 spiro atoms. The molecule has 6 nitrogen and oxygen atoms in total. The van der Waals surface area contributed by atoms with Crippen LogP contribution in [0.3, 0.4) is 0 Å². The lowest BCUT2D eigenvalue weighted by molar-refractivity contribution is 0.141. The van der Waals surface area contributed by atoms with Gasteiger partial charge in [-0.3, -0.25) is 0 Å². The molecular formula is C18H29N5O. The summed E-state index contributed by atoms with van der Waals surface area (Å²) >= 11 is 0. The van der Waals surface area contributed by atoms with Crippen LogP contribution in [-0.4, -0.2) is 71.4 Å². The number of nitrogens with zero attached hydrogens (tertiary/aromatic N) is 5. The van der Waals surface area contributed by atoms with E-state index in [2.05, 4.69) is 19.7 Å². The van der Waals surface area contributed by atoms with Crippen LogP contribution in [-0.2, 0) is 0 Å². The van der Waals surface area contributed by atoms with Crippen LogP contribution in [0.5, 0.6) is 0 Å². The zero-order chi connectivity index (χ0) is 16.4. The summed E-state index contributed by atoms with van der Waals surface area (Å²) in [6.45, 7) is 6.24. The first kappa shape index (κ1) is 16.1. The third-order valence-corrected chi connectivity index (χ3v) is 5.77. The molecule has 1 N–H and O–H groups in total. The lowest BCUT2D eigenvalue weighted by atomic mass is 10.0. The van der Waals surface area contributed by atoms with Crippen molar-refractivity contribution in [2.75, 3.05) is 49.1 Å². The van der Waals surface area contributed by atoms with Crippen LogP contribution in [0.25, 0.3) is 0 Å². The van der Waals surface area contributed by atoms with Crippen molar-refractivity contribution in [2.24, 2.45) is 0 Å². The van der Waals surface area contributed by atoms with Crippen molar-refractivity contribution < 1.29 is 5.11 Å². The third kappa shape index (κ3) is 3.49. The SMILES string of the molecule is O[C@@H]1CCN(c2ccnc(N3CCC(N4CCCCC4)CC3)n2)C1. The van der Waals surface area contributed by atoms with Crippen molar-refractivity contribution in [1.82, 2.24) is 14.9 Å². The van der Waals surface area contributed by atoms with Crippen LogP contribution >= 0.6 is 0 Å². The van der Waals surface area contributed by atoms with Crippen molar-refractivity contribution in [1.29, 1.82) is 0 Å². The Morgan fingerprint density at radius 1 is 0.917 bits per heavy atom. The van der Waals surface area contributed by atoms with Gasteiger partial charge in [-0.05, 0) is 51.3 Å². The van der Waals surface area contributed by atoms with Gasteiger partial charge in [0.25, 0.3) is 0 Å². The minimum absolute atomic E-state index is 0.219. The molecule has 24 heavy (non-hydrogen) atoms. The lowest BCUT2D eigenvalue weighted by Crippen LogP contribution is -2.47. The summed E-state index contributed by atoms with van der Waals surface area (Å²) in [5.74, 6) is 1.81. The predicted octanol–water partition coefficient (Wildman–Crippen LogP) is 1.50. The molecule has 0 aliphatic carbocycles. The fourth-order valence-corrected chi connectivity index (χ4v) is 4.33. The van der Waals surface area contributed by atoms with Gasteiger partial charge in [0, 0.05) is 38.4 Å². The molecule has 3 aliphatic heterocycles. The van der Waals surface area contributed by atoms with E-state index in [1.807, 2.05) is 12.3 Å². The standard InChI is InChI=1S/C18H29N5O/c24-16-7-13-23(14-16)17-4-8-19-18(20-17)22-11-5-15(6-12-22)21-9-2-1-3-10-21/h4,8,15-16,24H,1-3,5-7,9-14H2/t16-/m1/s1. The zero-order valence-corrected chi connectivity index (χ0v) is 14.5. The van der Waals surface area contributed by atoms with Gasteiger partial charge in [0.05, 0.1) is 6.10 Å². The number of anilines is 2. The van der Waals surface area contributed by atoms with E-state index in [4.69, 9.17) is 4.98 Å². The first-order valence-electron chi connectivity index (χ1n) is 9.54. The van der Waals surface area contributed by atoms with Crippen LogP contribution < -0.4 is 9.80 Å². The van der Waals surface area contributed by atoms with Gasteiger partial charge in [-0.25, -0.2) is 4.98 Å². The summed E-state index contributed by atoms with van der Waals surface area (Å²) in [4.78, 5) is 16.5. The number of hydrogen-bond acceptors (Lipinski definition) is 6. The largest absolute Gasteiger partial charge is 0.391 e. The molecule has 1 aromatic heterocycles. The molecule has 4 heterocycles. The monoisotopic (exact) mass is 331 g/mol. The summed E-state index contributed by atoms with van der Waals surface area (Å²) in [5, 5.41) is 9.73. The lowest BCUT2D eigenvalue weighted by Gasteiger charge is -2.40. The molecule has 1 aromatic rings. The number of hydrogen-bond donors (Lipinski definition) is 1. The predicted molar refractivity (Wildman–Crippen MR) is 95.5 cm³/mol. The first-order valence-corrected chi connectivity index (χ1v) is 9.54. The van der Waals surface area contributed by atoms with Crippen LogP contribution in [0.1, 0.15) is 38.5 Å². The third-order valence-electron chi connectivity index (χ3n) is 5.77. The molecule has 0 unspecified atom stereocenters. The molecular weight excluding hydrogens is 302 g/mol. The molecule has 3 saturated heterocycles. The molecule has 0 aromatic carbocycles. The van der Waals surface area contributed by atoms with Gasteiger partial charge in [-0.1, -0.05) is 6.42 Å². The van der Waals surface area contributed by atoms with E-state index in [0.717, 1.165) is 43.9 Å². The Kier molecular flexibility index (Phi) is 4.85. The van der Waals surface area contributed by atoms with E-state index in [0.29, 0.717) is 6.54 Å². The number of piperidine rings is 2. The molecule has 6 heteroatoms. The zero-order valence-electron chi connectivity index (χ0n) is 14.5. The van der Waals surface area contributed by atoms with E-state index in [9.17, 15) is 5.11 Å². The van der Waals surface area contributed by atoms with Gasteiger partial charge >= 0.3 is 0 Å². The fourth-order valence-electron chi connectivity index (χ4n) is 4.33. The van der Waals surface area contributed by atoms with Crippen molar-refractivity contribution in [3.63, 3.8) is 0 Å². The maximum atomic E-state index is 9.73. The Balaban J connectivity index is 1.37. The highest BCUT2D eigenvalue weighted by Gasteiger charge is 2.27. The molecule has 3 aliphatic rings. The molecule has 0 saturated carbocycles. The number of β-amino-alcohol motifs (C(OH)–C–C–N with tert-alkyl or cyclic N) is 1. The second-order valence-electron chi connectivity index (χ2n) is 7.42. The summed E-state index contributed by atoms with van der Waals surface area (Å²) in [6, 6.07) is 2.71. The minimum atomic E-state index is -0.219. The Hall–Kier alpha value is -1.40. The van der Waals surface area contributed by atoms with Crippen molar-refractivity contribution >= 4 is 11.8 Å². The second kappa shape index (κ2) is 7.23. The number of rotatable bonds is 3. The number of aliphatic hydroxyl groups is 1. The summed E-state index contributed by atoms with van der Waals surface area (Å²) in [5.41, 5.74) is 0. The van der Waals surface area contributed by atoms with Crippen LogP contribution in [0.4, 0.5) is 11.8 Å². The van der Waals surface area contributed by atoms with Crippen LogP contribution in [0.2, 0.25) is 0 Å². The molecule has 0 amide bonds. The molecule has 0 radical (unpaired) electrons. The number of aliphatic hydroxyl groups excluding tert-OH is 1. The topological polar surface area (TPSA) is 55.7 Å². The van der Waals surface area contributed by atoms with Crippen molar-refractivity contribution in [2.45, 2.75) is 50.7 Å². The van der Waals surface area contributed by atoms with Gasteiger partial charge in [-0.2, -0.15) is 4.98 Å². The van der Waals surface area contributed by atoms with Gasteiger partial charge in [0.15, 0.2) is 0 Å². The Labute approximate surface area is 144 Å². The van der Waals surface area contributed by atoms with Gasteiger partial charge in [0.1, 0.15) is 5.82 Å². The smallest absolute Gasteiger partial charge is 0.227 e. The van der Waals surface area contributed by atoms with E-state index in [-0.39, 0.29) is 6.10 Å². The van der Waals surface area contributed by atoms with E-state index in [1.54, 1.807) is 0 Å². The van der Waals surface area contributed by atoms with E-state index in [1.165, 1.54) is 45.2 Å². The van der Waals surface area contributed by atoms with Gasteiger partial charge in [-0.15, -0.1) is 0 Å². The van der Waals surface area contributed by atoms with Crippen molar-refractivity contribution in [3.8, 4) is 0 Å². The normalized spacial score (nSPS) is 27.0. The van der Waals surface area contributed by atoms with Gasteiger partial charge in [0.2, 0.25) is 5.95 Å². The molecule has 132 valence electrons. The van der Waals surface area contributed by atoms with E-state index >= 15 is 0 Å². The average molecular weight is 331 g/mol. The number of likely N-dealkylation sites (tertiary alicyclic amines) is 1. The summed E-state index contributed by atoms with van der Waals surface area (Å²) in [6.07, 6.45) is 9.05. The maximum absolute atomic E-state index is 9.73. The maximum Gasteiger partial charge on any atom is 0.227 e. The minimum Gasteiger partial charge on any atom is -0.391 e. The molecule has 4 rings (SSSR count). The average Bonchev–Trinajstić information content (AvgIpc) is 3.09. The highest BCUT2D eigenvalue weighted by Crippen LogP contribution is 2.25. The summed E-state index contributed by atoms with van der Waals surface area (Å²) in [7, 11) is 0. The highest BCUT2D eigenvalue weighted by atomic mass is 16.3. The molecule has 1 atom stereocenters. The fraction of sp³-hybridized carbons (Fsp3) is 0.778. The Morgan fingerprint density at radius 3 is 2.38 bits per heavy atom. The Morgan fingerprint density at radius 2 is 1.67 bits per heavy atom. The first-order chi connectivity index (χ1) is 11.8. The van der Waals surface area contributed by atoms with Crippen molar-refractivity contribution in [3.05, 3.63) is 12.3 Å². The molecule has 0 bridgehead atoms. The molecule has 3 fully saturated rings. The second-order valence-corrected chi connectivity index (χ2v) is 7.42. The quantitative estimate of drug-likeness (QED) is 0.906. The van der Waals surface area contributed by atoms with Gasteiger partial charge < -0.3 is 19.8 Å². The van der Waals surface area contributed by atoms with E-state index < -0.39 is 0 Å². The van der Waals surface area contributed by atoms with Crippen LogP contribution in [0, 0.1) is 0 Å². The number of aromatic nitrogens is 2. The van der Waals surface area contributed by atoms with Crippen LogP contribution in [0.15, 0.2) is 12.3 Å². The summed E-state index contributed by atoms with van der Waals surface area (Å²) < 4.78 is 0. The Bertz CT molecular complexity index is 540. The highest BCUT2D eigenvalue weighted by molar-refractivity contribution is 5.45.